The fourth-order valence-corrected chi connectivity index (χ4v) is 16.3. The molecule has 2 aliphatic rings. The van der Waals surface area contributed by atoms with Gasteiger partial charge < -0.3 is 46.6 Å². The Morgan fingerprint density at radius 3 is 2.05 bits per heavy atom. The number of aromatic carboxylic acids is 1. The van der Waals surface area contributed by atoms with Crippen molar-refractivity contribution < 1.29 is 58.4 Å². The number of rotatable bonds is 14. The smallest absolute Gasteiger partial charge is 0.335 e. The van der Waals surface area contributed by atoms with E-state index >= 15 is 0 Å². The number of carbonyl (C=O) groups excluding carboxylic acids is 6. The lowest BCUT2D eigenvalue weighted by Gasteiger charge is -2.30. The minimum atomic E-state index is -1.31. The lowest BCUT2D eigenvalue weighted by molar-refractivity contribution is -0.144. The van der Waals surface area contributed by atoms with Gasteiger partial charge in [-0.3, -0.25) is 38.5 Å². The number of methoxy groups -OCH3 is 1. The second-order valence-electron chi connectivity index (χ2n) is 22.5. The van der Waals surface area contributed by atoms with Gasteiger partial charge in [0.05, 0.1) is 60.3 Å². The maximum Gasteiger partial charge on any atom is 0.335 e. The minimum Gasteiger partial charge on any atom is -0.481 e. The number of thiazole rings is 6. The van der Waals surface area contributed by atoms with Crippen LogP contribution in [0.5, 0.6) is 0 Å². The molecule has 7 aromatic heterocycles. The van der Waals surface area contributed by atoms with Crippen LogP contribution in [-0.4, -0.2) is 118 Å². The topological polar surface area (TPSA) is 360 Å². The van der Waals surface area contributed by atoms with E-state index in [1.54, 1.807) is 83.0 Å². The summed E-state index contributed by atoms with van der Waals surface area (Å²) in [4.78, 5) is 145. The Balaban J connectivity index is 0.988. The number of nitrogens with one attached hydrogen (secondary N) is 5. The first kappa shape index (κ1) is 66.5. The lowest BCUT2D eigenvalue weighted by atomic mass is 9.81. The molecule has 0 radical (unpaired) electrons. The van der Waals surface area contributed by atoms with Gasteiger partial charge in [-0.05, 0) is 73.9 Å². The van der Waals surface area contributed by atoms with Crippen molar-refractivity contribution >= 4 is 121 Å². The van der Waals surface area contributed by atoms with Gasteiger partial charge in [0.25, 0.3) is 17.7 Å². The predicted molar refractivity (Wildman–Crippen MR) is 355 cm³/mol. The number of carbonyl (C=O) groups is 8. The molecule has 6 amide bonds. The molecule has 486 valence electrons. The number of anilines is 1. The van der Waals surface area contributed by atoms with Crippen LogP contribution in [0.4, 0.5) is 5.82 Å². The summed E-state index contributed by atoms with van der Waals surface area (Å²) in [5.74, 6) is -6.28. The van der Waals surface area contributed by atoms with Crippen LogP contribution >= 0.6 is 68.0 Å². The third kappa shape index (κ3) is 14.8. The first-order chi connectivity index (χ1) is 45.2. The highest BCUT2D eigenvalue weighted by atomic mass is 32.1. The molecule has 25 nitrogen and oxygen atoms in total. The fraction of sp³-hybridized carbons (Fsp3) is 0.317. The monoisotopic (exact) mass is 1380 g/mol. The minimum absolute atomic E-state index is 0.00655. The second-order valence-corrected chi connectivity index (χ2v) is 28.3. The summed E-state index contributed by atoms with van der Waals surface area (Å²) in [5.41, 5.74) is 3.11. The second kappa shape index (κ2) is 29.1. The summed E-state index contributed by atoms with van der Waals surface area (Å²) in [5, 5.41) is 54.4. The van der Waals surface area contributed by atoms with E-state index in [4.69, 9.17) is 39.6 Å². The van der Waals surface area contributed by atoms with E-state index in [2.05, 4.69) is 26.6 Å². The van der Waals surface area contributed by atoms with Gasteiger partial charge in [0.1, 0.15) is 82.2 Å². The van der Waals surface area contributed by atoms with Crippen LogP contribution in [0, 0.1) is 24.7 Å². The zero-order chi connectivity index (χ0) is 66.5. The molecule has 4 atom stereocenters. The van der Waals surface area contributed by atoms with Crippen LogP contribution in [0.2, 0.25) is 0 Å². The molecule has 31 heteroatoms. The fourth-order valence-electron chi connectivity index (χ4n) is 10.7. The zero-order valence-corrected chi connectivity index (χ0v) is 55.8. The molecule has 0 spiro atoms. The summed E-state index contributed by atoms with van der Waals surface area (Å²) in [6.45, 7) is 4.93. The highest BCUT2D eigenvalue weighted by Gasteiger charge is 2.36. The van der Waals surface area contributed by atoms with Crippen molar-refractivity contribution in [1.82, 2.24) is 61.5 Å². The van der Waals surface area contributed by atoms with Crippen LogP contribution in [0.25, 0.3) is 43.4 Å². The van der Waals surface area contributed by atoms with Gasteiger partial charge in [-0.2, -0.15) is 0 Å². The summed E-state index contributed by atoms with van der Waals surface area (Å²) in [6, 6.07) is 15.5. The largest absolute Gasteiger partial charge is 0.481 e. The summed E-state index contributed by atoms with van der Waals surface area (Å²) < 4.78 is 5.46. The van der Waals surface area contributed by atoms with E-state index in [1.165, 1.54) is 65.2 Å². The molecule has 94 heavy (non-hydrogen) atoms. The van der Waals surface area contributed by atoms with Gasteiger partial charge in [0.15, 0.2) is 0 Å². The summed E-state index contributed by atoms with van der Waals surface area (Å²) in [6.07, 6.45) is -0.183. The van der Waals surface area contributed by atoms with Crippen LogP contribution < -0.4 is 31.5 Å². The number of ether oxygens (including phenoxy) is 1. The molecule has 8 heterocycles. The molecule has 11 rings (SSSR count). The van der Waals surface area contributed by atoms with Gasteiger partial charge in [-0.1, -0.05) is 56.3 Å². The SMILES string of the molecule is CNC(=O)C[C@@H]1NC(=O)c2csc(n2)-c2ccc(-c3nc(N(Cc4ccc(C(=O)O)cc4)C(=O)C4CCC(C(=O)O)CC4)cs3)nc2-c2csc(n2)-c2csc(n2)[C@H]([C@@H](O)c2ccccc2)NC(=O)CNC(=O)c2nc(sc2COC)[C@H](C(C)C)NC(=O)c2nc1sc2C. The molecular formula is C63H61N13O12S6. The molecule has 0 saturated heterocycles. The molecule has 10 bridgehead atoms. The number of nitrogens with zero attached hydrogens (tertiary/aromatic N) is 8. The molecule has 9 aromatic rings. The van der Waals surface area contributed by atoms with E-state index in [-0.39, 0.29) is 59.1 Å². The maximum absolute atomic E-state index is 14.6. The molecule has 2 aromatic carbocycles. The Morgan fingerprint density at radius 2 is 1.34 bits per heavy atom. The van der Waals surface area contributed by atoms with Crippen LogP contribution in [0.1, 0.15) is 148 Å². The Kier molecular flexibility index (Phi) is 20.6. The molecule has 1 aliphatic heterocycles. The van der Waals surface area contributed by atoms with E-state index in [0.717, 1.165) is 34.0 Å². The number of hydrogen-bond acceptors (Lipinski definition) is 23. The number of aryl methyl sites for hydroxylation is 1. The van der Waals surface area contributed by atoms with E-state index in [0.29, 0.717) is 106 Å². The van der Waals surface area contributed by atoms with Crippen molar-refractivity contribution in [3.63, 3.8) is 0 Å². The number of amides is 6. The third-order valence-electron chi connectivity index (χ3n) is 15.7. The first-order valence-corrected chi connectivity index (χ1v) is 34.7. The number of aliphatic hydroxyl groups is 1. The Hall–Kier alpha value is -8.95. The van der Waals surface area contributed by atoms with Crippen molar-refractivity contribution in [1.29, 1.82) is 0 Å². The number of benzene rings is 2. The average molecular weight is 1380 g/mol. The van der Waals surface area contributed by atoms with Crippen molar-refractivity contribution in [3.05, 3.63) is 147 Å². The Morgan fingerprint density at radius 1 is 0.660 bits per heavy atom. The first-order valence-electron chi connectivity index (χ1n) is 29.5. The number of hydrogen-bond donors (Lipinski definition) is 8. The summed E-state index contributed by atoms with van der Waals surface area (Å²) >= 11 is 7.06. The predicted octanol–water partition coefficient (Wildman–Crippen LogP) is 9.43. The molecule has 8 N–H and O–H groups in total. The number of aliphatic carboxylic acids is 1. The highest BCUT2D eigenvalue weighted by molar-refractivity contribution is 7.15. The number of fused-ring (bicyclic) bond motifs is 14. The lowest BCUT2D eigenvalue weighted by Crippen LogP contribution is -2.40. The molecule has 1 aliphatic carbocycles. The van der Waals surface area contributed by atoms with E-state index < -0.39 is 84.1 Å². The molecule has 1 saturated carbocycles. The number of aliphatic hydroxyl groups excluding tert-OH is 1. The molecule has 1 fully saturated rings. The highest BCUT2D eigenvalue weighted by Crippen LogP contribution is 2.41. The standard InChI is InChI=1S/C63H61N13O12S6/c1-29(2)46-60-75-49(42(94-60)24-88-5)53(81)65-22-45(78)72-50(51(79)32-9-7-6-8-10-32)59-70-41(27-91-59)57-68-39(25-90-57)48-36(55-69-40(26-89-55)52(80)67-38(21-44(77)64-4)58-74-47(30(3)93-58)54(82)73-46)19-20-37(66-48)56-71-43(28-92-56)76(23-31-11-13-34(14-12-31)62(84)85)61(83)33-15-17-35(18-16-33)63(86)87/h6-14,19-20,25-29,33,35,38,46,50-51,79H,15-18,21-24H2,1-5H3,(H,64,77)(H,65,81)(H,67,80)(H,72,78)(H,73,82)(H,84,85)(H,86,87)/t33?,35?,38-,46-,50-,51-/m0/s1. The van der Waals surface area contributed by atoms with Crippen LogP contribution in [0.15, 0.2) is 88.3 Å². The van der Waals surface area contributed by atoms with E-state index in [9.17, 15) is 53.7 Å². The molecule has 0 unspecified atom stereocenters. The van der Waals surface area contributed by atoms with Gasteiger partial charge in [0.2, 0.25) is 17.7 Å². The van der Waals surface area contributed by atoms with Crippen molar-refractivity contribution in [2.45, 2.75) is 90.3 Å². The van der Waals surface area contributed by atoms with Gasteiger partial charge in [-0.25, -0.2) is 39.7 Å². The third-order valence-corrected chi connectivity index (χ3v) is 21.5. The summed E-state index contributed by atoms with van der Waals surface area (Å²) in [7, 11) is 2.92. The Bertz CT molecular complexity index is 4320. The Labute approximate surface area is 561 Å². The van der Waals surface area contributed by atoms with Crippen molar-refractivity contribution in [2.24, 2.45) is 17.8 Å². The van der Waals surface area contributed by atoms with Crippen LogP contribution in [-0.2, 0) is 37.1 Å². The number of pyridine rings is 1. The number of carboxylic acid groups (broad SMARTS) is 2. The number of carboxylic acids is 2. The zero-order valence-electron chi connectivity index (χ0n) is 50.9. The van der Waals surface area contributed by atoms with Gasteiger partial charge in [-0.15, -0.1) is 68.0 Å². The average Bonchev–Trinajstić information content (AvgIpc) is 1.60. The van der Waals surface area contributed by atoms with Crippen molar-refractivity contribution in [3.8, 4) is 43.4 Å². The molecular weight excluding hydrogens is 1320 g/mol. The normalized spacial score (nSPS) is 18.3. The number of aromatic nitrogens is 7. The quantitative estimate of drug-likeness (QED) is 0.0502. The van der Waals surface area contributed by atoms with Gasteiger partial charge in [0, 0.05) is 52.0 Å². The van der Waals surface area contributed by atoms with Crippen LogP contribution in [0.3, 0.4) is 0 Å². The van der Waals surface area contributed by atoms with Gasteiger partial charge >= 0.3 is 11.9 Å². The maximum atomic E-state index is 14.6. The van der Waals surface area contributed by atoms with E-state index in [1.807, 2.05) is 13.8 Å². The van der Waals surface area contributed by atoms with Crippen molar-refractivity contribution in [2.75, 3.05) is 25.6 Å².